The van der Waals surface area contributed by atoms with Gasteiger partial charge in [-0.3, -0.25) is 0 Å². The number of aliphatic hydroxyl groups is 2. The number of allylic oxidation sites excluding steroid dienone is 1. The number of aliphatic hydroxyl groups excluding tert-OH is 2. The molecule has 53 heavy (non-hydrogen) atoms. The van der Waals surface area contributed by atoms with Crippen molar-refractivity contribution in [3.05, 3.63) is 84.0 Å². The first kappa shape index (κ1) is 39.8. The molecule has 0 radical (unpaired) electrons. The van der Waals surface area contributed by atoms with Crippen LogP contribution in [0.4, 0.5) is 9.59 Å². The van der Waals surface area contributed by atoms with Crippen molar-refractivity contribution in [2.24, 2.45) is 22.9 Å². The molecule has 0 saturated heterocycles. The average molecular weight is 734 g/mol. The summed E-state index contributed by atoms with van der Waals surface area (Å²) in [6.45, 7) is 8.77. The highest BCUT2D eigenvalue weighted by Gasteiger charge is 2.65. The monoisotopic (exact) mass is 733 g/mol. The summed E-state index contributed by atoms with van der Waals surface area (Å²) in [6.07, 6.45) is 7.64. The molecule has 288 valence electrons. The lowest BCUT2D eigenvalue weighted by atomic mass is 9.55. The quantitative estimate of drug-likeness (QED) is 0.0863. The van der Waals surface area contributed by atoms with Crippen LogP contribution in [-0.4, -0.2) is 84.9 Å². The minimum atomic E-state index is -1.38. The summed E-state index contributed by atoms with van der Waals surface area (Å²) in [5.41, 5.74) is 3.42. The van der Waals surface area contributed by atoms with E-state index in [1.54, 1.807) is 32.2 Å². The lowest BCUT2D eigenvalue weighted by molar-refractivity contribution is -0.253. The van der Waals surface area contributed by atoms with Crippen molar-refractivity contribution < 1.29 is 43.6 Å². The fourth-order valence-electron chi connectivity index (χ4n) is 8.20. The molecule has 2 aromatic carbocycles. The Balaban J connectivity index is 1.67. The topological polar surface area (TPSA) is 148 Å². The molecule has 1 aliphatic heterocycles. The van der Waals surface area contributed by atoms with Crippen LogP contribution in [-0.2, 0) is 20.9 Å². The second-order valence-corrected chi connectivity index (χ2v) is 13.7. The highest BCUT2D eigenvalue weighted by atomic mass is 16.7. The Hall–Kier alpha value is -4.39. The highest BCUT2D eigenvalue weighted by Crippen LogP contribution is 2.61. The lowest BCUT2D eigenvalue weighted by Gasteiger charge is -2.59. The Bertz CT molecular complexity index is 1600. The fraction of sp³-hybridized carbons (Fsp3) is 0.537. The number of hydrogen-bond donors (Lipinski definition) is 3. The van der Waals surface area contributed by atoms with Crippen molar-refractivity contribution in [3.8, 4) is 11.5 Å². The first-order valence-corrected chi connectivity index (χ1v) is 18.9. The SMILES string of the molecule is C=CCO[C@@]12Oc3ccc(OC(=O)NCc4ccccc4)cc3[C@H]3[C@H](CCCCO)[C@@H](CCCCO)C=C(C(=NOCC)C[C@@H]1N(C)C(=O)OCC)[C@H]32. The smallest absolute Gasteiger partial charge is 0.412 e. The fourth-order valence-corrected chi connectivity index (χ4v) is 8.20. The number of hydrogen-bond acceptors (Lipinski definition) is 10. The van der Waals surface area contributed by atoms with Crippen molar-refractivity contribution in [1.82, 2.24) is 10.2 Å². The molecule has 1 heterocycles. The first-order chi connectivity index (χ1) is 25.8. The van der Waals surface area contributed by atoms with E-state index in [0.29, 0.717) is 43.2 Å². The number of amides is 2. The van der Waals surface area contributed by atoms with E-state index in [1.165, 1.54) is 4.90 Å². The number of ether oxygens (including phenoxy) is 4. The summed E-state index contributed by atoms with van der Waals surface area (Å²) >= 11 is 0. The molecule has 6 atom stereocenters. The Morgan fingerprint density at radius 2 is 1.81 bits per heavy atom. The van der Waals surface area contributed by atoms with Gasteiger partial charge in [-0.2, -0.15) is 0 Å². The third kappa shape index (κ3) is 9.05. The van der Waals surface area contributed by atoms with Gasteiger partial charge in [-0.05, 0) is 80.7 Å². The molecule has 12 heteroatoms. The normalized spacial score (nSPS) is 24.9. The molecular formula is C41H55N3O9. The van der Waals surface area contributed by atoms with Gasteiger partial charge in [-0.25, -0.2) is 9.59 Å². The standard InChI is InChI=1S/C41H55N3O9/c1-5-23-50-41-36(44(4)40(48)49-6-2)26-34(43-51-7-3)32-24-29(17-11-13-21-45)31(18-12-14-22-46)37(38(32)41)33-25-30(19-20-35(33)53-41)52-39(47)42-27-28-15-9-8-10-16-28/h5,8-10,15-16,19-20,24-25,29,31,36-38,45-46H,1,6-7,11-14,17-18,21-23,26-27H2,2-4H3,(H,42,47)/t29-,31+,36-,37+,38+,41+/m0/s1. The third-order valence-corrected chi connectivity index (χ3v) is 10.5. The van der Waals surface area contributed by atoms with Crippen molar-refractivity contribution in [1.29, 1.82) is 0 Å². The van der Waals surface area contributed by atoms with E-state index in [1.807, 2.05) is 43.3 Å². The van der Waals surface area contributed by atoms with Crippen LogP contribution in [0.15, 0.2) is 78.0 Å². The van der Waals surface area contributed by atoms with Crippen molar-refractivity contribution >= 4 is 17.9 Å². The molecule has 2 aliphatic carbocycles. The summed E-state index contributed by atoms with van der Waals surface area (Å²) in [6, 6.07) is 14.3. The molecule has 0 unspecified atom stereocenters. The molecule has 12 nitrogen and oxygen atoms in total. The van der Waals surface area contributed by atoms with Gasteiger partial charge < -0.3 is 44.2 Å². The molecule has 5 rings (SSSR count). The van der Waals surface area contributed by atoms with Crippen LogP contribution < -0.4 is 14.8 Å². The predicted molar refractivity (Wildman–Crippen MR) is 201 cm³/mol. The number of likely N-dealkylation sites (N-methyl/N-ethyl adjacent to an activating group) is 1. The van der Waals surface area contributed by atoms with Gasteiger partial charge in [0.1, 0.15) is 24.1 Å². The van der Waals surface area contributed by atoms with Gasteiger partial charge in [0, 0.05) is 44.7 Å². The predicted octanol–water partition coefficient (Wildman–Crippen LogP) is 6.72. The summed E-state index contributed by atoms with van der Waals surface area (Å²) < 4.78 is 25.2. The van der Waals surface area contributed by atoms with Gasteiger partial charge >= 0.3 is 12.2 Å². The molecule has 2 amide bonds. The number of carbonyl (C=O) groups is 2. The van der Waals surface area contributed by atoms with Crippen LogP contribution in [0.1, 0.15) is 75.8 Å². The number of oxime groups is 1. The minimum absolute atomic E-state index is 0.0329. The summed E-state index contributed by atoms with van der Waals surface area (Å²) in [5, 5.41) is 27.0. The van der Waals surface area contributed by atoms with Crippen molar-refractivity contribution in [2.45, 2.75) is 83.1 Å². The number of rotatable bonds is 18. The number of unbranched alkanes of at least 4 members (excludes halogenated alkanes) is 2. The Labute approximate surface area is 312 Å². The van der Waals surface area contributed by atoms with E-state index in [9.17, 15) is 19.8 Å². The zero-order valence-corrected chi connectivity index (χ0v) is 31.2. The van der Waals surface area contributed by atoms with Crippen molar-refractivity contribution in [2.75, 3.05) is 40.1 Å². The second-order valence-electron chi connectivity index (χ2n) is 13.7. The Morgan fingerprint density at radius 3 is 2.51 bits per heavy atom. The van der Waals surface area contributed by atoms with Gasteiger partial charge in [-0.1, -0.05) is 60.5 Å². The zero-order chi connectivity index (χ0) is 37.8. The van der Waals surface area contributed by atoms with E-state index in [4.69, 9.17) is 23.8 Å². The number of fused-ring (bicyclic) bond motifs is 2. The number of benzene rings is 2. The maximum atomic E-state index is 13.5. The van der Waals surface area contributed by atoms with E-state index >= 15 is 0 Å². The van der Waals surface area contributed by atoms with Gasteiger partial charge in [-0.15, -0.1) is 6.58 Å². The summed E-state index contributed by atoms with van der Waals surface area (Å²) in [5.74, 6) is -1.08. The lowest BCUT2D eigenvalue weighted by Crippen LogP contribution is -2.69. The van der Waals surface area contributed by atoms with Gasteiger partial charge in [0.05, 0.1) is 24.8 Å². The van der Waals surface area contributed by atoms with Crippen LogP contribution in [0.2, 0.25) is 0 Å². The van der Waals surface area contributed by atoms with Crippen LogP contribution >= 0.6 is 0 Å². The number of nitrogens with zero attached hydrogens (tertiary/aromatic N) is 2. The largest absolute Gasteiger partial charge is 0.459 e. The Morgan fingerprint density at radius 1 is 1.06 bits per heavy atom. The van der Waals surface area contributed by atoms with Crippen LogP contribution in [0.5, 0.6) is 11.5 Å². The second kappa shape index (κ2) is 19.1. The molecule has 2 aromatic rings. The van der Waals surface area contributed by atoms with E-state index in [-0.39, 0.29) is 50.6 Å². The molecule has 1 fully saturated rings. The molecule has 0 bridgehead atoms. The summed E-state index contributed by atoms with van der Waals surface area (Å²) in [7, 11) is 1.69. The number of nitrogens with one attached hydrogen (secondary N) is 1. The number of carbonyl (C=O) groups excluding carboxylic acids is 2. The molecule has 0 aromatic heterocycles. The first-order valence-electron chi connectivity index (χ1n) is 18.9. The molecule has 3 N–H and O–H groups in total. The molecule has 0 spiro atoms. The van der Waals surface area contributed by atoms with Crippen molar-refractivity contribution in [3.63, 3.8) is 0 Å². The highest BCUT2D eigenvalue weighted by molar-refractivity contribution is 6.02. The maximum absolute atomic E-state index is 13.5. The van der Waals surface area contributed by atoms with E-state index in [0.717, 1.165) is 42.4 Å². The maximum Gasteiger partial charge on any atom is 0.412 e. The van der Waals surface area contributed by atoms with E-state index in [2.05, 4.69) is 23.1 Å². The van der Waals surface area contributed by atoms with Gasteiger partial charge in [0.25, 0.3) is 0 Å². The molecule has 1 saturated carbocycles. The third-order valence-electron chi connectivity index (χ3n) is 10.5. The van der Waals surface area contributed by atoms with Crippen LogP contribution in [0.25, 0.3) is 0 Å². The molecular weight excluding hydrogens is 678 g/mol. The zero-order valence-electron chi connectivity index (χ0n) is 31.2. The van der Waals surface area contributed by atoms with Crippen LogP contribution in [0.3, 0.4) is 0 Å². The average Bonchev–Trinajstić information content (AvgIpc) is 3.17. The minimum Gasteiger partial charge on any atom is -0.459 e. The van der Waals surface area contributed by atoms with Crippen LogP contribution in [0, 0.1) is 17.8 Å². The Kier molecular flexibility index (Phi) is 14.3. The molecule has 3 aliphatic rings. The summed E-state index contributed by atoms with van der Waals surface area (Å²) in [4.78, 5) is 33.8. The van der Waals surface area contributed by atoms with Gasteiger partial charge in [0.2, 0.25) is 5.79 Å². The van der Waals surface area contributed by atoms with E-state index < -0.39 is 29.9 Å². The van der Waals surface area contributed by atoms with Gasteiger partial charge in [0.15, 0.2) is 0 Å².